The van der Waals surface area contributed by atoms with Gasteiger partial charge in [0, 0.05) is 19.3 Å². The first-order chi connectivity index (χ1) is 31.0. The summed E-state index contributed by atoms with van der Waals surface area (Å²) in [4.78, 5) is 37.9. The van der Waals surface area contributed by atoms with E-state index in [2.05, 4.69) is 130 Å². The van der Waals surface area contributed by atoms with Gasteiger partial charge in [0.1, 0.15) is 13.2 Å². The van der Waals surface area contributed by atoms with Crippen LogP contribution < -0.4 is 0 Å². The minimum Gasteiger partial charge on any atom is -0.462 e. The van der Waals surface area contributed by atoms with Crippen molar-refractivity contribution in [2.45, 2.75) is 219 Å². The van der Waals surface area contributed by atoms with Gasteiger partial charge >= 0.3 is 17.9 Å². The molecule has 0 saturated carbocycles. The lowest BCUT2D eigenvalue weighted by Gasteiger charge is -2.18. The highest BCUT2D eigenvalue weighted by Gasteiger charge is 2.19. The van der Waals surface area contributed by atoms with Crippen LogP contribution in [0.2, 0.25) is 0 Å². The molecule has 1 atom stereocenters. The third-order valence-corrected chi connectivity index (χ3v) is 10.2. The summed E-state index contributed by atoms with van der Waals surface area (Å²) in [5.74, 6) is -1.01. The molecule has 0 spiro atoms. The van der Waals surface area contributed by atoms with E-state index in [0.29, 0.717) is 19.3 Å². The summed E-state index contributed by atoms with van der Waals surface area (Å²) in [6, 6.07) is 0. The molecule has 0 aromatic rings. The zero-order chi connectivity index (χ0) is 45.8. The fourth-order valence-electron chi connectivity index (χ4n) is 6.40. The first-order valence-electron chi connectivity index (χ1n) is 25.4. The standard InChI is InChI=1S/C57H92O6/c1-4-7-10-13-16-19-22-24-26-28-30-32-35-37-40-43-46-49-55(58)61-52-54(63-57(60)51-48-45-42-39-34-21-18-15-12-9-6-3)53-62-56(59)50-47-44-41-38-36-33-31-29-27-25-23-20-17-14-11-8-5-2/h7,10,15-20,24-27,30-33,37,40,54H,4-6,8-9,11-14,21-23,28-29,34-36,38-39,41-53H2,1-3H3/b10-7-,18-15-,19-16-,20-17-,26-24-,27-25-,32-30-,33-31-,40-37-/t54-/m1/s1. The largest absolute Gasteiger partial charge is 0.462 e. The number of carbonyl (C=O) groups is 3. The van der Waals surface area contributed by atoms with Gasteiger partial charge < -0.3 is 14.2 Å². The highest BCUT2D eigenvalue weighted by atomic mass is 16.6. The van der Waals surface area contributed by atoms with E-state index < -0.39 is 6.10 Å². The van der Waals surface area contributed by atoms with Crippen LogP contribution in [0.5, 0.6) is 0 Å². The van der Waals surface area contributed by atoms with E-state index in [0.717, 1.165) is 116 Å². The molecule has 0 aliphatic heterocycles. The van der Waals surface area contributed by atoms with E-state index in [1.807, 2.05) is 0 Å². The second-order valence-corrected chi connectivity index (χ2v) is 16.3. The Morgan fingerprint density at radius 3 is 1.10 bits per heavy atom. The van der Waals surface area contributed by atoms with Gasteiger partial charge in [0.15, 0.2) is 6.10 Å². The molecule has 356 valence electrons. The Kier molecular flexibility index (Phi) is 47.5. The molecule has 0 saturated heterocycles. The van der Waals surface area contributed by atoms with Crippen LogP contribution in [0.15, 0.2) is 109 Å². The minimum atomic E-state index is -0.815. The van der Waals surface area contributed by atoms with Crippen LogP contribution in [0, 0.1) is 0 Å². The van der Waals surface area contributed by atoms with Gasteiger partial charge in [0.25, 0.3) is 0 Å². The third-order valence-electron chi connectivity index (χ3n) is 10.2. The van der Waals surface area contributed by atoms with Crippen molar-refractivity contribution in [1.29, 1.82) is 0 Å². The Morgan fingerprint density at radius 1 is 0.333 bits per heavy atom. The number of hydrogen-bond donors (Lipinski definition) is 0. The Labute approximate surface area is 387 Å². The average molecular weight is 873 g/mol. The fourth-order valence-corrected chi connectivity index (χ4v) is 6.40. The maximum absolute atomic E-state index is 12.8. The molecule has 0 radical (unpaired) electrons. The minimum absolute atomic E-state index is 0.113. The smallest absolute Gasteiger partial charge is 0.306 e. The van der Waals surface area contributed by atoms with E-state index in [1.54, 1.807) is 0 Å². The van der Waals surface area contributed by atoms with Crippen LogP contribution in [0.3, 0.4) is 0 Å². The summed E-state index contributed by atoms with van der Waals surface area (Å²) in [6.07, 6.45) is 67.9. The molecule has 6 nitrogen and oxygen atoms in total. The fraction of sp³-hybridized carbons (Fsp3) is 0.632. The first-order valence-corrected chi connectivity index (χ1v) is 25.4. The zero-order valence-corrected chi connectivity index (χ0v) is 40.5. The van der Waals surface area contributed by atoms with Gasteiger partial charge in [0.05, 0.1) is 0 Å². The van der Waals surface area contributed by atoms with Crippen LogP contribution in [0.1, 0.15) is 213 Å². The topological polar surface area (TPSA) is 78.9 Å². The van der Waals surface area contributed by atoms with Crippen LogP contribution in [0.25, 0.3) is 0 Å². The molecule has 6 heteroatoms. The predicted octanol–water partition coefficient (Wildman–Crippen LogP) is 16.8. The zero-order valence-electron chi connectivity index (χ0n) is 40.5. The van der Waals surface area contributed by atoms with Gasteiger partial charge in [-0.3, -0.25) is 14.4 Å². The van der Waals surface area contributed by atoms with Crippen molar-refractivity contribution in [3.05, 3.63) is 109 Å². The molecule has 0 N–H and O–H groups in total. The summed E-state index contributed by atoms with van der Waals surface area (Å²) in [6.45, 7) is 6.36. The number of rotatable bonds is 44. The first kappa shape index (κ1) is 59.1. The quantitative estimate of drug-likeness (QED) is 0.0263. The highest BCUT2D eigenvalue weighted by Crippen LogP contribution is 2.12. The lowest BCUT2D eigenvalue weighted by Crippen LogP contribution is -2.30. The van der Waals surface area contributed by atoms with Crippen molar-refractivity contribution in [2.24, 2.45) is 0 Å². The van der Waals surface area contributed by atoms with Crippen LogP contribution in [-0.2, 0) is 28.6 Å². The molecule has 0 unspecified atom stereocenters. The number of esters is 3. The van der Waals surface area contributed by atoms with Crippen molar-refractivity contribution in [3.8, 4) is 0 Å². The van der Waals surface area contributed by atoms with E-state index in [9.17, 15) is 14.4 Å². The Balaban J connectivity index is 4.51. The molecular weight excluding hydrogens is 781 g/mol. The summed E-state index contributed by atoms with van der Waals surface area (Å²) >= 11 is 0. The van der Waals surface area contributed by atoms with E-state index >= 15 is 0 Å². The lowest BCUT2D eigenvalue weighted by molar-refractivity contribution is -0.167. The molecule has 0 aliphatic rings. The second kappa shape index (κ2) is 50.7. The molecule has 63 heavy (non-hydrogen) atoms. The van der Waals surface area contributed by atoms with Crippen LogP contribution >= 0.6 is 0 Å². The Hall–Kier alpha value is -3.93. The van der Waals surface area contributed by atoms with Crippen molar-refractivity contribution in [3.63, 3.8) is 0 Å². The Morgan fingerprint density at radius 2 is 0.651 bits per heavy atom. The third kappa shape index (κ3) is 49.0. The van der Waals surface area contributed by atoms with Gasteiger partial charge in [-0.15, -0.1) is 0 Å². The normalized spacial score (nSPS) is 13.0. The number of unbranched alkanes of at least 4 members (excludes halogenated alkanes) is 15. The Bertz CT molecular complexity index is 1330. The molecule has 0 rings (SSSR count). The monoisotopic (exact) mass is 873 g/mol. The van der Waals surface area contributed by atoms with E-state index in [1.165, 1.54) is 51.4 Å². The molecule has 0 aromatic carbocycles. The maximum atomic E-state index is 12.8. The van der Waals surface area contributed by atoms with E-state index in [4.69, 9.17) is 14.2 Å². The van der Waals surface area contributed by atoms with Gasteiger partial charge in [0.2, 0.25) is 0 Å². The molecule has 0 amide bonds. The predicted molar refractivity (Wildman–Crippen MR) is 270 cm³/mol. The van der Waals surface area contributed by atoms with Crippen LogP contribution in [0.4, 0.5) is 0 Å². The molecule has 0 heterocycles. The summed E-state index contributed by atoms with van der Waals surface area (Å²) in [5.41, 5.74) is 0. The molecular formula is C57H92O6. The van der Waals surface area contributed by atoms with Crippen molar-refractivity contribution < 1.29 is 28.6 Å². The SMILES string of the molecule is CC/C=C\C/C=C\C/C=C\C/C=C\C/C=C\CCCC(=O)OC[C@H](COC(=O)CCCCCC/C=C\C/C=C\C/C=C\CCCCC)OC(=O)CCCCCCC/C=C\CCCC. The van der Waals surface area contributed by atoms with Gasteiger partial charge in [-0.25, -0.2) is 0 Å². The van der Waals surface area contributed by atoms with Crippen LogP contribution in [-0.4, -0.2) is 37.2 Å². The maximum Gasteiger partial charge on any atom is 0.306 e. The number of ether oxygens (including phenoxy) is 3. The molecule has 0 bridgehead atoms. The summed E-state index contributed by atoms with van der Waals surface area (Å²) < 4.78 is 16.7. The number of carbonyl (C=O) groups excluding carboxylic acids is 3. The van der Waals surface area contributed by atoms with Gasteiger partial charge in [-0.1, -0.05) is 188 Å². The molecule has 0 fully saturated rings. The summed E-state index contributed by atoms with van der Waals surface area (Å²) in [7, 11) is 0. The second-order valence-electron chi connectivity index (χ2n) is 16.3. The van der Waals surface area contributed by atoms with Crippen molar-refractivity contribution >= 4 is 17.9 Å². The van der Waals surface area contributed by atoms with Crippen molar-refractivity contribution in [2.75, 3.05) is 13.2 Å². The van der Waals surface area contributed by atoms with Gasteiger partial charge in [-0.2, -0.15) is 0 Å². The molecule has 0 aromatic heterocycles. The van der Waals surface area contributed by atoms with Gasteiger partial charge in [-0.05, 0) is 116 Å². The van der Waals surface area contributed by atoms with E-state index in [-0.39, 0.29) is 37.5 Å². The summed E-state index contributed by atoms with van der Waals surface area (Å²) in [5, 5.41) is 0. The number of hydrogen-bond acceptors (Lipinski definition) is 6. The lowest BCUT2D eigenvalue weighted by atomic mass is 10.1. The number of allylic oxidation sites excluding steroid dienone is 18. The molecule has 0 aliphatic carbocycles. The average Bonchev–Trinajstić information content (AvgIpc) is 3.28. The highest BCUT2D eigenvalue weighted by molar-refractivity contribution is 5.71. The van der Waals surface area contributed by atoms with Crippen molar-refractivity contribution in [1.82, 2.24) is 0 Å².